The van der Waals surface area contributed by atoms with Gasteiger partial charge in [0.05, 0.1) is 16.8 Å². The number of benzene rings is 9. The first-order valence-corrected chi connectivity index (χ1v) is 22.2. The number of fused-ring (bicyclic) bond motifs is 13. The first kappa shape index (κ1) is 36.5. The normalized spacial score (nSPS) is 16.4. The fraction of sp³-hybridized carbons (Fsp3) is 0.0492. The van der Waals surface area contributed by atoms with E-state index in [1.54, 1.807) is 0 Å². The van der Waals surface area contributed by atoms with E-state index in [-0.39, 0.29) is 11.8 Å². The maximum Gasteiger partial charge on any atom is 0.175 e. The summed E-state index contributed by atoms with van der Waals surface area (Å²) in [6, 6.07) is 76.5. The van der Waals surface area contributed by atoms with Crippen molar-refractivity contribution < 1.29 is 9.47 Å². The third-order valence-corrected chi connectivity index (χ3v) is 13.8. The molecule has 0 amide bonds. The van der Waals surface area contributed by atoms with Gasteiger partial charge < -0.3 is 14.4 Å². The van der Waals surface area contributed by atoms with E-state index in [0.717, 1.165) is 39.5 Å². The number of anilines is 3. The van der Waals surface area contributed by atoms with Crippen LogP contribution < -0.4 is 14.4 Å². The van der Waals surface area contributed by atoms with E-state index in [1.165, 1.54) is 50.1 Å². The van der Waals surface area contributed by atoms with E-state index in [2.05, 4.69) is 242 Å². The number of rotatable bonds is 6. The van der Waals surface area contributed by atoms with Gasteiger partial charge >= 0.3 is 0 Å². The maximum atomic E-state index is 7.18. The second kappa shape index (κ2) is 14.5. The van der Waals surface area contributed by atoms with E-state index >= 15 is 0 Å². The highest BCUT2D eigenvalue weighted by atomic mass is 16.6. The van der Waals surface area contributed by atoms with E-state index < -0.39 is 5.41 Å². The SMILES string of the molecule is C1=CC(c2ccccc2)C(c2ccc(N(c3ccc4c(c3)Oc3ccc5c(c3O4)C3(c4ccccc4-c4ccccc43)c3ccccc3-5)c3ccccc3-c3ccccc3)cc2)C=C1. The minimum atomic E-state index is -0.555. The van der Waals surface area contributed by atoms with Gasteiger partial charge in [0.2, 0.25) is 0 Å². The summed E-state index contributed by atoms with van der Waals surface area (Å²) in [6.45, 7) is 0. The summed E-state index contributed by atoms with van der Waals surface area (Å²) in [5.41, 5.74) is 17.2. The van der Waals surface area contributed by atoms with Crippen molar-refractivity contribution in [3.63, 3.8) is 0 Å². The van der Waals surface area contributed by atoms with Gasteiger partial charge in [-0.05, 0) is 92.0 Å². The summed E-state index contributed by atoms with van der Waals surface area (Å²) in [6.07, 6.45) is 8.99. The molecule has 0 bridgehead atoms. The average Bonchev–Trinajstić information content (AvgIpc) is 3.84. The van der Waals surface area contributed by atoms with Gasteiger partial charge in [-0.15, -0.1) is 0 Å². The Balaban J connectivity index is 0.933. The molecule has 0 N–H and O–H groups in total. The molecule has 3 aliphatic carbocycles. The molecule has 3 nitrogen and oxygen atoms in total. The molecule has 9 aromatic carbocycles. The fourth-order valence-corrected chi connectivity index (χ4v) is 11.1. The minimum absolute atomic E-state index is 0.223. The van der Waals surface area contributed by atoms with Crippen LogP contribution >= 0.6 is 0 Å². The monoisotopic (exact) mass is 819 g/mol. The van der Waals surface area contributed by atoms with Crippen molar-refractivity contribution in [3.8, 4) is 56.4 Å². The van der Waals surface area contributed by atoms with Crippen molar-refractivity contribution in [2.45, 2.75) is 17.3 Å². The van der Waals surface area contributed by atoms with Gasteiger partial charge in [0.25, 0.3) is 0 Å². The predicted octanol–water partition coefficient (Wildman–Crippen LogP) is 16.1. The van der Waals surface area contributed by atoms with E-state index in [9.17, 15) is 0 Å². The second-order valence-corrected chi connectivity index (χ2v) is 17.1. The van der Waals surface area contributed by atoms with Crippen LogP contribution in [-0.2, 0) is 5.41 Å². The van der Waals surface area contributed by atoms with Crippen molar-refractivity contribution in [3.05, 3.63) is 270 Å². The van der Waals surface area contributed by atoms with Crippen LogP contribution in [-0.4, -0.2) is 0 Å². The van der Waals surface area contributed by atoms with Crippen LogP contribution in [0.15, 0.2) is 237 Å². The Morgan fingerprint density at radius 1 is 0.375 bits per heavy atom. The molecule has 2 atom stereocenters. The number of para-hydroxylation sites is 1. The first-order valence-electron chi connectivity index (χ1n) is 22.2. The van der Waals surface area contributed by atoms with Crippen LogP contribution in [0.5, 0.6) is 23.0 Å². The molecular formula is C61H41NO2. The molecule has 64 heavy (non-hydrogen) atoms. The lowest BCUT2D eigenvalue weighted by atomic mass is 9.70. The fourth-order valence-electron chi connectivity index (χ4n) is 11.1. The Labute approximate surface area is 373 Å². The van der Waals surface area contributed by atoms with Crippen molar-refractivity contribution >= 4 is 17.1 Å². The molecule has 0 fully saturated rings. The Morgan fingerprint density at radius 2 is 0.891 bits per heavy atom. The molecule has 2 unspecified atom stereocenters. The maximum absolute atomic E-state index is 7.18. The molecule has 0 aromatic heterocycles. The largest absolute Gasteiger partial charge is 0.449 e. The van der Waals surface area contributed by atoms with Gasteiger partial charge in [-0.25, -0.2) is 0 Å². The van der Waals surface area contributed by atoms with Gasteiger partial charge in [-0.1, -0.05) is 194 Å². The first-order chi connectivity index (χ1) is 31.8. The molecule has 302 valence electrons. The summed E-state index contributed by atoms with van der Waals surface area (Å²) >= 11 is 0. The van der Waals surface area contributed by atoms with Crippen LogP contribution in [0.1, 0.15) is 45.2 Å². The van der Waals surface area contributed by atoms with Crippen LogP contribution in [0.3, 0.4) is 0 Å². The van der Waals surface area contributed by atoms with Crippen LogP contribution in [0.25, 0.3) is 33.4 Å². The Morgan fingerprint density at radius 3 is 1.55 bits per heavy atom. The van der Waals surface area contributed by atoms with Gasteiger partial charge in [0.15, 0.2) is 23.0 Å². The van der Waals surface area contributed by atoms with Crippen molar-refractivity contribution in [2.75, 3.05) is 4.90 Å². The number of allylic oxidation sites excluding steroid dienone is 4. The third-order valence-electron chi connectivity index (χ3n) is 13.8. The lowest BCUT2D eigenvalue weighted by Crippen LogP contribution is -2.26. The zero-order chi connectivity index (χ0) is 42.2. The molecule has 0 radical (unpaired) electrons. The van der Waals surface area contributed by atoms with Gasteiger partial charge in [0.1, 0.15) is 0 Å². The number of nitrogens with zero attached hydrogens (tertiary/aromatic N) is 1. The zero-order valence-corrected chi connectivity index (χ0v) is 34.9. The van der Waals surface area contributed by atoms with Gasteiger partial charge in [-0.3, -0.25) is 0 Å². The molecule has 3 heteroatoms. The quantitative estimate of drug-likeness (QED) is 0.167. The summed E-state index contributed by atoms with van der Waals surface area (Å²) in [5, 5.41) is 0. The molecule has 1 heterocycles. The summed E-state index contributed by atoms with van der Waals surface area (Å²) in [4.78, 5) is 2.34. The molecule has 0 saturated heterocycles. The van der Waals surface area contributed by atoms with E-state index in [1.807, 2.05) is 0 Å². The second-order valence-electron chi connectivity index (χ2n) is 17.1. The summed E-state index contributed by atoms with van der Waals surface area (Å²) < 4.78 is 14.2. The van der Waals surface area contributed by atoms with Crippen molar-refractivity contribution in [1.82, 2.24) is 0 Å². The number of hydrogen-bond acceptors (Lipinski definition) is 3. The molecule has 9 aromatic rings. The number of hydrogen-bond donors (Lipinski definition) is 0. The highest BCUT2D eigenvalue weighted by Crippen LogP contribution is 2.67. The standard InChI is InChI=1S/C61H41NO2/c1-3-17-40(18-4-1)45-21-7-8-22-46(45)42-31-33-43(34-32-42)62(55-30-16-12-23-47(55)41-19-5-2-6-20-41)44-35-37-56-58(39-44)63-57-38-36-51-50-26-11-15-29-54(50)61(59(51)60(57)64-56)52-27-13-9-24-48(52)49-25-10-14-28-53(49)61/h1-39,45-46H. The minimum Gasteiger partial charge on any atom is -0.449 e. The Kier molecular flexibility index (Phi) is 8.26. The van der Waals surface area contributed by atoms with E-state index in [4.69, 9.17) is 9.47 Å². The summed E-state index contributed by atoms with van der Waals surface area (Å²) in [5.74, 6) is 3.32. The highest BCUT2D eigenvalue weighted by molar-refractivity contribution is 5.97. The smallest absolute Gasteiger partial charge is 0.175 e. The molecular weight excluding hydrogens is 779 g/mol. The predicted molar refractivity (Wildman–Crippen MR) is 260 cm³/mol. The van der Waals surface area contributed by atoms with Gasteiger partial charge in [-0.2, -0.15) is 0 Å². The highest BCUT2D eigenvalue weighted by Gasteiger charge is 2.54. The summed E-state index contributed by atoms with van der Waals surface area (Å²) in [7, 11) is 0. The Hall–Kier alpha value is -8.14. The third kappa shape index (κ3) is 5.41. The van der Waals surface area contributed by atoms with Crippen molar-refractivity contribution in [1.29, 1.82) is 0 Å². The topological polar surface area (TPSA) is 21.7 Å². The molecule has 13 rings (SSSR count). The number of ether oxygens (including phenoxy) is 2. The molecule has 1 spiro atoms. The van der Waals surface area contributed by atoms with E-state index in [0.29, 0.717) is 17.2 Å². The van der Waals surface area contributed by atoms with Crippen LogP contribution in [0.2, 0.25) is 0 Å². The van der Waals surface area contributed by atoms with Crippen molar-refractivity contribution in [2.24, 2.45) is 0 Å². The van der Waals surface area contributed by atoms with Gasteiger partial charge in [0, 0.05) is 34.7 Å². The van der Waals surface area contributed by atoms with Crippen LogP contribution in [0, 0.1) is 0 Å². The molecule has 4 aliphatic rings. The lowest BCUT2D eigenvalue weighted by molar-refractivity contribution is 0.355. The molecule has 1 aliphatic heterocycles. The lowest BCUT2D eigenvalue weighted by Gasteiger charge is -2.34. The van der Waals surface area contributed by atoms with Crippen LogP contribution in [0.4, 0.5) is 17.1 Å². The zero-order valence-electron chi connectivity index (χ0n) is 34.9. The molecule has 0 saturated carbocycles. The average molecular weight is 820 g/mol. The Bertz CT molecular complexity index is 3280.